The van der Waals surface area contributed by atoms with Crippen LogP contribution in [0, 0.1) is 0 Å². The van der Waals surface area contributed by atoms with Crippen LogP contribution in [0.2, 0.25) is 0 Å². The van der Waals surface area contributed by atoms with Crippen LogP contribution in [0.5, 0.6) is 5.75 Å². The topological polar surface area (TPSA) is 22.1 Å². The van der Waals surface area contributed by atoms with Crippen molar-refractivity contribution in [3.05, 3.63) is 24.0 Å². The minimum atomic E-state index is -4.65. The lowest BCUT2D eigenvalue weighted by molar-refractivity contribution is -0.275. The fourth-order valence-corrected chi connectivity index (χ4v) is 1.05. The van der Waals surface area contributed by atoms with Gasteiger partial charge in [0.05, 0.1) is 0 Å². The summed E-state index contributed by atoms with van der Waals surface area (Å²) in [5.41, 5.74) is 0.449. The van der Waals surface area contributed by atoms with Crippen molar-refractivity contribution in [2.75, 3.05) is 0 Å². The Morgan fingerprint density at radius 1 is 1.36 bits per heavy atom. The maximum absolute atomic E-state index is 11.9. The molecule has 78 valence electrons. The van der Waals surface area contributed by atoms with E-state index in [0.717, 1.165) is 0 Å². The largest absolute Gasteiger partial charge is 0.573 e. The van der Waals surface area contributed by atoms with Gasteiger partial charge in [-0.3, -0.25) is 4.98 Å². The number of hydrogen-bond donors (Lipinski definition) is 0. The van der Waals surface area contributed by atoms with E-state index in [2.05, 4.69) is 9.72 Å². The molecule has 0 aromatic carbocycles. The molecule has 0 saturated carbocycles. The van der Waals surface area contributed by atoms with Crippen molar-refractivity contribution in [2.24, 2.45) is 0 Å². The van der Waals surface area contributed by atoms with Crippen molar-refractivity contribution in [1.82, 2.24) is 4.98 Å². The quantitative estimate of drug-likeness (QED) is 0.740. The molecule has 0 radical (unpaired) electrons. The van der Waals surface area contributed by atoms with Gasteiger partial charge in [-0.25, -0.2) is 0 Å². The predicted octanol–water partition coefficient (Wildman–Crippen LogP) is 3.10. The molecule has 5 heteroatoms. The van der Waals surface area contributed by atoms with Gasteiger partial charge < -0.3 is 4.74 Å². The third-order valence-electron chi connectivity index (χ3n) is 1.66. The molecule has 2 nitrogen and oxygen atoms in total. The smallest absolute Gasteiger partial charge is 0.405 e. The number of ether oxygens (including phenoxy) is 1. The van der Waals surface area contributed by atoms with Gasteiger partial charge in [-0.1, -0.05) is 13.8 Å². The third-order valence-corrected chi connectivity index (χ3v) is 1.66. The van der Waals surface area contributed by atoms with Crippen LogP contribution >= 0.6 is 0 Å². The Bertz CT molecular complexity index is 309. The van der Waals surface area contributed by atoms with E-state index in [1.54, 1.807) is 13.8 Å². The summed E-state index contributed by atoms with van der Waals surface area (Å²) in [5, 5.41) is 0. The Morgan fingerprint density at radius 2 is 2.00 bits per heavy atom. The highest BCUT2D eigenvalue weighted by Crippen LogP contribution is 2.29. The van der Waals surface area contributed by atoms with Crippen LogP contribution in [0.3, 0.4) is 0 Å². The van der Waals surface area contributed by atoms with E-state index in [-0.39, 0.29) is 11.7 Å². The lowest BCUT2D eigenvalue weighted by atomic mass is 10.1. The van der Waals surface area contributed by atoms with Gasteiger partial charge in [-0.05, 0) is 12.0 Å². The molecule has 1 rings (SSSR count). The monoisotopic (exact) mass is 205 g/mol. The van der Waals surface area contributed by atoms with Crippen LogP contribution in [-0.4, -0.2) is 11.3 Å². The number of hydrogen-bond acceptors (Lipinski definition) is 2. The summed E-state index contributed by atoms with van der Waals surface area (Å²) in [7, 11) is 0. The van der Waals surface area contributed by atoms with Gasteiger partial charge in [-0.15, -0.1) is 13.2 Å². The fraction of sp³-hybridized carbons (Fsp3) is 0.444. The molecule has 0 unspecified atom stereocenters. The van der Waals surface area contributed by atoms with Crippen molar-refractivity contribution < 1.29 is 17.9 Å². The molecule has 1 aromatic heterocycles. The molecular weight excluding hydrogens is 195 g/mol. The van der Waals surface area contributed by atoms with Crippen LogP contribution in [-0.2, 0) is 0 Å². The second kappa shape index (κ2) is 3.86. The number of halogens is 3. The van der Waals surface area contributed by atoms with Crippen molar-refractivity contribution >= 4 is 0 Å². The summed E-state index contributed by atoms with van der Waals surface area (Å²) in [6.07, 6.45) is -2.00. The van der Waals surface area contributed by atoms with Gasteiger partial charge in [0, 0.05) is 18.0 Å². The molecule has 1 aromatic rings. The van der Waals surface area contributed by atoms with E-state index in [0.29, 0.717) is 5.56 Å². The molecule has 14 heavy (non-hydrogen) atoms. The van der Waals surface area contributed by atoms with Gasteiger partial charge in [-0.2, -0.15) is 0 Å². The first-order chi connectivity index (χ1) is 6.40. The second-order valence-corrected chi connectivity index (χ2v) is 3.12. The maximum Gasteiger partial charge on any atom is 0.573 e. The molecule has 0 atom stereocenters. The first-order valence-corrected chi connectivity index (χ1v) is 4.10. The second-order valence-electron chi connectivity index (χ2n) is 3.12. The normalized spacial score (nSPS) is 11.9. The van der Waals surface area contributed by atoms with Gasteiger partial charge in [0.15, 0.2) is 0 Å². The third kappa shape index (κ3) is 2.90. The Kier molecular flexibility index (Phi) is 2.98. The van der Waals surface area contributed by atoms with Crippen molar-refractivity contribution in [3.63, 3.8) is 0 Å². The molecule has 0 aliphatic heterocycles. The fourth-order valence-electron chi connectivity index (χ4n) is 1.05. The van der Waals surface area contributed by atoms with Crippen molar-refractivity contribution in [1.29, 1.82) is 0 Å². The lowest BCUT2D eigenvalue weighted by Gasteiger charge is -2.14. The van der Waals surface area contributed by atoms with E-state index in [9.17, 15) is 13.2 Å². The summed E-state index contributed by atoms with van der Waals surface area (Å²) in [4.78, 5) is 3.75. The Balaban J connectivity index is 2.96. The molecule has 0 spiro atoms. The number of aromatic nitrogens is 1. The van der Waals surface area contributed by atoms with Gasteiger partial charge in [0.25, 0.3) is 0 Å². The zero-order chi connectivity index (χ0) is 10.8. The predicted molar refractivity (Wildman–Crippen MR) is 45.0 cm³/mol. The highest BCUT2D eigenvalue weighted by atomic mass is 19.4. The highest BCUT2D eigenvalue weighted by molar-refractivity contribution is 5.32. The number of pyridine rings is 1. The molecule has 0 aliphatic rings. The first kappa shape index (κ1) is 10.8. The number of nitrogens with zero attached hydrogens (tertiary/aromatic N) is 1. The molecular formula is C9H10F3NO. The average Bonchev–Trinajstić information content (AvgIpc) is 2.01. The Morgan fingerprint density at radius 3 is 2.50 bits per heavy atom. The van der Waals surface area contributed by atoms with Crippen LogP contribution in [0.1, 0.15) is 25.3 Å². The number of alkyl halides is 3. The summed E-state index contributed by atoms with van der Waals surface area (Å²) in [5.74, 6) is -0.233. The van der Waals surface area contributed by atoms with Crippen molar-refractivity contribution in [2.45, 2.75) is 26.1 Å². The Hall–Kier alpha value is -1.26. The molecule has 0 saturated heterocycles. The zero-order valence-corrected chi connectivity index (χ0v) is 7.80. The lowest BCUT2D eigenvalue weighted by Crippen LogP contribution is -2.18. The van der Waals surface area contributed by atoms with E-state index >= 15 is 0 Å². The molecule has 0 fully saturated rings. The Labute approximate surface area is 79.7 Å². The summed E-state index contributed by atoms with van der Waals surface area (Å²) < 4.78 is 39.7. The van der Waals surface area contributed by atoms with Crippen LogP contribution in [0.25, 0.3) is 0 Å². The van der Waals surface area contributed by atoms with Crippen molar-refractivity contribution in [3.8, 4) is 5.75 Å². The molecule has 1 heterocycles. The average molecular weight is 205 g/mol. The van der Waals surface area contributed by atoms with E-state index in [4.69, 9.17) is 0 Å². The highest BCUT2D eigenvalue weighted by Gasteiger charge is 2.32. The van der Waals surface area contributed by atoms with Gasteiger partial charge in [0.1, 0.15) is 5.75 Å². The molecule has 0 N–H and O–H groups in total. The number of rotatable bonds is 2. The maximum atomic E-state index is 11.9. The van der Waals surface area contributed by atoms with Gasteiger partial charge in [0.2, 0.25) is 0 Å². The molecule has 0 aliphatic carbocycles. The summed E-state index contributed by atoms with van der Waals surface area (Å²) in [6.45, 7) is 3.56. The minimum absolute atomic E-state index is 0.0546. The van der Waals surface area contributed by atoms with E-state index in [1.165, 1.54) is 18.5 Å². The van der Waals surface area contributed by atoms with E-state index < -0.39 is 6.36 Å². The SMILES string of the molecule is CC(C)c1cnccc1OC(F)(F)F. The summed E-state index contributed by atoms with van der Waals surface area (Å²) >= 11 is 0. The van der Waals surface area contributed by atoms with Crippen LogP contribution < -0.4 is 4.74 Å². The molecule has 0 bridgehead atoms. The zero-order valence-electron chi connectivity index (χ0n) is 7.80. The van der Waals surface area contributed by atoms with Crippen LogP contribution in [0.4, 0.5) is 13.2 Å². The molecule has 0 amide bonds. The minimum Gasteiger partial charge on any atom is -0.405 e. The van der Waals surface area contributed by atoms with Gasteiger partial charge >= 0.3 is 6.36 Å². The van der Waals surface area contributed by atoms with E-state index in [1.807, 2.05) is 0 Å². The summed E-state index contributed by atoms with van der Waals surface area (Å²) in [6, 6.07) is 1.21. The standard InChI is InChI=1S/C9H10F3NO/c1-6(2)7-5-13-4-3-8(7)14-9(10,11)12/h3-6H,1-2H3. The first-order valence-electron chi connectivity index (χ1n) is 4.10. The van der Waals surface area contributed by atoms with Crippen LogP contribution in [0.15, 0.2) is 18.5 Å².